The van der Waals surface area contributed by atoms with Crippen LogP contribution < -0.4 is 5.32 Å². The van der Waals surface area contributed by atoms with E-state index in [0.717, 1.165) is 15.6 Å². The molecule has 30 heavy (non-hydrogen) atoms. The molecule has 1 amide bonds. The summed E-state index contributed by atoms with van der Waals surface area (Å²) in [6.07, 6.45) is 0. The zero-order valence-electron chi connectivity index (χ0n) is 15.5. The fourth-order valence-electron chi connectivity index (χ4n) is 2.85. The summed E-state index contributed by atoms with van der Waals surface area (Å²) in [6, 6.07) is 22.4. The van der Waals surface area contributed by atoms with Crippen LogP contribution in [0.2, 0.25) is 10.0 Å². The molecule has 0 fully saturated rings. The molecular formula is C22H15BrCl2N4O. The molecular weight excluding hydrogens is 487 g/mol. The number of aromatic nitrogens is 3. The summed E-state index contributed by atoms with van der Waals surface area (Å²) in [5.74, 6) is 0.219. The third kappa shape index (κ3) is 4.56. The minimum absolute atomic E-state index is 0.0647. The predicted molar refractivity (Wildman–Crippen MR) is 122 cm³/mol. The summed E-state index contributed by atoms with van der Waals surface area (Å²) in [5.41, 5.74) is 2.44. The number of hydrogen-bond donors (Lipinski definition) is 1. The van der Waals surface area contributed by atoms with Crippen molar-refractivity contribution in [2.45, 2.75) is 6.54 Å². The molecule has 3 aromatic carbocycles. The van der Waals surface area contributed by atoms with Crippen LogP contribution >= 0.6 is 39.1 Å². The first-order valence-electron chi connectivity index (χ1n) is 9.02. The summed E-state index contributed by atoms with van der Waals surface area (Å²) >= 11 is 15.7. The molecule has 0 bridgehead atoms. The average molecular weight is 502 g/mol. The normalized spacial score (nSPS) is 10.8. The molecule has 8 heteroatoms. The topological polar surface area (TPSA) is 59.8 Å². The summed E-state index contributed by atoms with van der Waals surface area (Å²) in [7, 11) is 0. The number of halogens is 3. The van der Waals surface area contributed by atoms with Gasteiger partial charge in [-0.15, -0.1) is 5.10 Å². The Hall–Kier alpha value is -2.67. The molecule has 0 aliphatic heterocycles. The summed E-state index contributed by atoms with van der Waals surface area (Å²) in [5, 5.41) is 8.13. The minimum atomic E-state index is -0.365. The maximum atomic E-state index is 12.7. The van der Waals surface area contributed by atoms with E-state index in [4.69, 9.17) is 23.2 Å². The van der Waals surface area contributed by atoms with Crippen molar-refractivity contribution in [2.75, 3.05) is 0 Å². The second-order valence-electron chi connectivity index (χ2n) is 6.44. The van der Waals surface area contributed by atoms with Gasteiger partial charge in [0.2, 0.25) is 5.82 Å². The van der Waals surface area contributed by atoms with Crippen LogP contribution in [0.3, 0.4) is 0 Å². The van der Waals surface area contributed by atoms with E-state index in [2.05, 4.69) is 31.3 Å². The van der Waals surface area contributed by atoms with E-state index < -0.39 is 0 Å². The molecule has 0 aliphatic carbocycles. The number of amides is 1. The van der Waals surface area contributed by atoms with Crippen molar-refractivity contribution in [3.63, 3.8) is 0 Å². The summed E-state index contributed by atoms with van der Waals surface area (Å²) in [4.78, 5) is 17.2. The van der Waals surface area contributed by atoms with Crippen molar-refractivity contribution in [1.82, 2.24) is 20.1 Å². The largest absolute Gasteiger partial charge is 0.345 e. The molecule has 0 saturated heterocycles. The Morgan fingerprint density at radius 2 is 1.70 bits per heavy atom. The number of carbonyl (C=O) groups excluding carboxylic acids is 1. The molecule has 0 saturated carbocycles. The highest BCUT2D eigenvalue weighted by atomic mass is 79.9. The fourth-order valence-corrected chi connectivity index (χ4v) is 3.40. The van der Waals surface area contributed by atoms with E-state index in [-0.39, 0.29) is 11.7 Å². The molecule has 4 aromatic rings. The van der Waals surface area contributed by atoms with Crippen LogP contribution in [-0.2, 0) is 6.54 Å². The quantitative estimate of drug-likeness (QED) is 0.368. The Morgan fingerprint density at radius 1 is 0.967 bits per heavy atom. The highest BCUT2D eigenvalue weighted by Crippen LogP contribution is 2.28. The molecule has 0 unspecified atom stereocenters. The van der Waals surface area contributed by atoms with Gasteiger partial charge in [0.05, 0.1) is 15.7 Å². The third-order valence-electron chi connectivity index (χ3n) is 4.36. The monoisotopic (exact) mass is 500 g/mol. The molecule has 0 radical (unpaired) electrons. The first-order chi connectivity index (χ1) is 14.5. The van der Waals surface area contributed by atoms with E-state index in [1.165, 1.54) is 0 Å². The van der Waals surface area contributed by atoms with Gasteiger partial charge in [0.25, 0.3) is 5.91 Å². The van der Waals surface area contributed by atoms with Crippen molar-refractivity contribution in [3.05, 3.63) is 98.7 Å². The lowest BCUT2D eigenvalue weighted by Gasteiger charge is -2.07. The first kappa shape index (κ1) is 20.6. The van der Waals surface area contributed by atoms with E-state index in [1.807, 2.05) is 54.6 Å². The number of rotatable bonds is 5. The number of nitrogens with one attached hydrogen (secondary N) is 1. The molecule has 1 N–H and O–H groups in total. The Balaban J connectivity index is 1.70. The minimum Gasteiger partial charge on any atom is -0.345 e. The van der Waals surface area contributed by atoms with Crippen LogP contribution in [0.5, 0.6) is 0 Å². The van der Waals surface area contributed by atoms with Gasteiger partial charge >= 0.3 is 0 Å². The van der Waals surface area contributed by atoms with Crippen LogP contribution in [0, 0.1) is 0 Å². The Labute approximate surface area is 191 Å². The highest BCUT2D eigenvalue weighted by Gasteiger charge is 2.19. The van der Waals surface area contributed by atoms with Gasteiger partial charge in [-0.05, 0) is 35.9 Å². The lowest BCUT2D eigenvalue weighted by Crippen LogP contribution is -2.24. The van der Waals surface area contributed by atoms with Gasteiger partial charge in [-0.1, -0.05) is 81.6 Å². The van der Waals surface area contributed by atoms with Gasteiger partial charge in [0.15, 0.2) is 5.82 Å². The molecule has 1 aromatic heterocycles. The van der Waals surface area contributed by atoms with E-state index in [1.54, 1.807) is 22.9 Å². The second-order valence-corrected chi connectivity index (χ2v) is 8.17. The van der Waals surface area contributed by atoms with Crippen molar-refractivity contribution in [3.8, 4) is 17.1 Å². The van der Waals surface area contributed by atoms with Crippen LogP contribution in [-0.4, -0.2) is 20.7 Å². The maximum Gasteiger partial charge on any atom is 0.291 e. The third-order valence-corrected chi connectivity index (χ3v) is 5.62. The van der Waals surface area contributed by atoms with Crippen LogP contribution in [0.25, 0.3) is 17.1 Å². The van der Waals surface area contributed by atoms with Crippen molar-refractivity contribution < 1.29 is 4.79 Å². The predicted octanol–water partition coefficient (Wildman–Crippen LogP) is 5.93. The van der Waals surface area contributed by atoms with Gasteiger partial charge in [0.1, 0.15) is 0 Å². The molecule has 0 spiro atoms. The van der Waals surface area contributed by atoms with E-state index in [0.29, 0.717) is 28.1 Å². The molecule has 150 valence electrons. The highest BCUT2D eigenvalue weighted by molar-refractivity contribution is 9.10. The molecule has 4 rings (SSSR count). The SMILES string of the molecule is O=C(NCc1ccccc1)c1nc(-c2ccc(Br)cc2)n(-c2ccc(Cl)c(Cl)c2)n1. The number of hydrogen-bond acceptors (Lipinski definition) is 3. The summed E-state index contributed by atoms with van der Waals surface area (Å²) in [6.45, 7) is 0.384. The number of nitrogens with zero attached hydrogens (tertiary/aromatic N) is 3. The first-order valence-corrected chi connectivity index (χ1v) is 10.6. The standard InChI is InChI=1S/C22H15BrCl2N4O/c23-16-8-6-15(7-9-16)21-27-20(22(30)26-13-14-4-2-1-3-5-14)28-29(21)17-10-11-18(24)19(25)12-17/h1-12H,13H2,(H,26,30). The summed E-state index contributed by atoms with van der Waals surface area (Å²) < 4.78 is 2.52. The second kappa shape index (κ2) is 9.00. The van der Waals surface area contributed by atoms with Gasteiger partial charge < -0.3 is 5.32 Å². The molecule has 0 aliphatic rings. The van der Waals surface area contributed by atoms with E-state index in [9.17, 15) is 4.79 Å². The van der Waals surface area contributed by atoms with Crippen LogP contribution in [0.4, 0.5) is 0 Å². The van der Waals surface area contributed by atoms with Crippen molar-refractivity contribution >= 4 is 45.0 Å². The average Bonchev–Trinajstić information content (AvgIpc) is 3.21. The van der Waals surface area contributed by atoms with Gasteiger partial charge in [0, 0.05) is 16.6 Å². The molecule has 5 nitrogen and oxygen atoms in total. The smallest absolute Gasteiger partial charge is 0.291 e. The Morgan fingerprint density at radius 3 is 2.40 bits per heavy atom. The lowest BCUT2D eigenvalue weighted by atomic mass is 10.2. The molecule has 0 atom stereocenters. The zero-order valence-corrected chi connectivity index (χ0v) is 18.6. The number of carbonyl (C=O) groups is 1. The van der Waals surface area contributed by atoms with Crippen molar-refractivity contribution in [2.24, 2.45) is 0 Å². The lowest BCUT2D eigenvalue weighted by molar-refractivity contribution is 0.0940. The molecule has 1 heterocycles. The zero-order chi connectivity index (χ0) is 21.1. The number of benzene rings is 3. The Kier molecular flexibility index (Phi) is 6.18. The van der Waals surface area contributed by atoms with E-state index >= 15 is 0 Å². The van der Waals surface area contributed by atoms with Gasteiger partial charge in [-0.2, -0.15) is 0 Å². The maximum absolute atomic E-state index is 12.7. The van der Waals surface area contributed by atoms with Crippen molar-refractivity contribution in [1.29, 1.82) is 0 Å². The Bertz CT molecular complexity index is 1190. The van der Waals surface area contributed by atoms with Gasteiger partial charge in [-0.25, -0.2) is 9.67 Å². The van der Waals surface area contributed by atoms with Gasteiger partial charge in [-0.3, -0.25) is 4.79 Å². The van der Waals surface area contributed by atoms with Crippen LogP contribution in [0.1, 0.15) is 16.2 Å². The van der Waals surface area contributed by atoms with Crippen LogP contribution in [0.15, 0.2) is 77.3 Å². The fraction of sp³-hybridized carbons (Fsp3) is 0.0455.